The summed E-state index contributed by atoms with van der Waals surface area (Å²) in [6, 6.07) is 25.9. The third-order valence-corrected chi connectivity index (χ3v) is 7.97. The number of aromatic hydroxyl groups is 1. The molecule has 0 radical (unpaired) electrons. The van der Waals surface area contributed by atoms with Gasteiger partial charge in [-0.15, -0.1) is 0 Å². The van der Waals surface area contributed by atoms with E-state index in [0.29, 0.717) is 18.6 Å². The van der Waals surface area contributed by atoms with Crippen molar-refractivity contribution in [1.82, 2.24) is 14.7 Å². The molecule has 2 aliphatic rings. The molecule has 0 spiro atoms. The van der Waals surface area contributed by atoms with Crippen molar-refractivity contribution in [1.29, 1.82) is 0 Å². The van der Waals surface area contributed by atoms with Gasteiger partial charge in [-0.05, 0) is 60.2 Å². The zero-order valence-corrected chi connectivity index (χ0v) is 21.9. The molecule has 2 heterocycles. The molecule has 1 saturated heterocycles. The number of aliphatic hydroxyl groups excluding tert-OH is 1. The van der Waals surface area contributed by atoms with Crippen molar-refractivity contribution >= 4 is 0 Å². The average Bonchev–Trinajstić information content (AvgIpc) is 2.87. The second-order valence-corrected chi connectivity index (χ2v) is 10.8. The smallest absolute Gasteiger partial charge is 0.164 e. The Labute approximate surface area is 220 Å². The number of hydrogen-bond donors (Lipinski definition) is 3. The minimum absolute atomic E-state index is 0.0209. The van der Waals surface area contributed by atoms with Gasteiger partial charge in [-0.25, -0.2) is 0 Å². The molecular formula is C31H39N3O3. The van der Waals surface area contributed by atoms with E-state index in [1.54, 1.807) is 6.07 Å². The minimum Gasteiger partial charge on any atom is -0.508 e. The summed E-state index contributed by atoms with van der Waals surface area (Å²) in [6.45, 7) is 9.27. The Kier molecular flexibility index (Phi) is 7.93. The Morgan fingerprint density at radius 2 is 1.62 bits per heavy atom. The minimum atomic E-state index is -1.32. The molecule has 0 bridgehead atoms. The number of hydrogen-bond acceptors (Lipinski definition) is 6. The molecule has 0 aromatic heterocycles. The number of β-amino-alcohol motifs (C(OH)–C–C–N with tert-alkyl or cyclic N) is 2. The summed E-state index contributed by atoms with van der Waals surface area (Å²) in [5.74, 6) is 0.284. The molecule has 1 fully saturated rings. The molecule has 3 N–H and O–H groups in total. The predicted molar refractivity (Wildman–Crippen MR) is 146 cm³/mol. The molecule has 0 aliphatic carbocycles. The lowest BCUT2D eigenvalue weighted by molar-refractivity contribution is -0.0633. The Balaban J connectivity index is 1.44. The normalized spacial score (nSPS) is 22.2. The first-order valence-corrected chi connectivity index (χ1v) is 13.4. The van der Waals surface area contributed by atoms with Gasteiger partial charge in [0.05, 0.1) is 6.04 Å². The molecule has 3 aromatic rings. The molecular weight excluding hydrogens is 462 g/mol. The van der Waals surface area contributed by atoms with Gasteiger partial charge in [0.1, 0.15) is 5.75 Å². The summed E-state index contributed by atoms with van der Waals surface area (Å²) in [4.78, 5) is 7.26. The van der Waals surface area contributed by atoms with Crippen LogP contribution in [0, 0.1) is 0 Å². The molecule has 1 unspecified atom stereocenters. The standard InChI is InChI=1S/C31H39N3O3/c1-22-18-34(23(2)17-33(22)19-24-7-4-3-5-8-24)31(26-9-6-10-29(35)16-26)27-12-11-25-13-14-32(21-30(36)37)20-28(25)15-27/h3-12,15-16,22-23,30-31,35-37H,13-14,17-21H2,1-2H3/t22-,23+,31?/m1/s1. The van der Waals surface area contributed by atoms with E-state index in [0.717, 1.165) is 38.2 Å². The van der Waals surface area contributed by atoms with Gasteiger partial charge in [-0.3, -0.25) is 14.7 Å². The fourth-order valence-corrected chi connectivity index (χ4v) is 6.09. The molecule has 5 rings (SSSR count). The summed E-state index contributed by atoms with van der Waals surface area (Å²) in [5, 5.41) is 29.3. The van der Waals surface area contributed by atoms with Crippen LogP contribution in [-0.2, 0) is 19.5 Å². The number of phenols is 1. The van der Waals surface area contributed by atoms with Crippen molar-refractivity contribution in [2.45, 2.75) is 57.8 Å². The van der Waals surface area contributed by atoms with E-state index in [1.807, 2.05) is 12.1 Å². The van der Waals surface area contributed by atoms with Gasteiger partial charge in [-0.1, -0.05) is 60.7 Å². The lowest BCUT2D eigenvalue weighted by Gasteiger charge is -2.48. The first-order chi connectivity index (χ1) is 17.9. The average molecular weight is 502 g/mol. The molecule has 0 saturated carbocycles. The summed E-state index contributed by atoms with van der Waals surface area (Å²) in [7, 11) is 0. The van der Waals surface area contributed by atoms with Crippen LogP contribution in [0.3, 0.4) is 0 Å². The molecule has 196 valence electrons. The second kappa shape index (κ2) is 11.3. The maximum absolute atomic E-state index is 10.4. The van der Waals surface area contributed by atoms with Crippen LogP contribution >= 0.6 is 0 Å². The van der Waals surface area contributed by atoms with Crippen LogP contribution < -0.4 is 0 Å². The Bertz CT molecular complexity index is 1190. The van der Waals surface area contributed by atoms with E-state index >= 15 is 0 Å². The fourth-order valence-electron chi connectivity index (χ4n) is 6.09. The monoisotopic (exact) mass is 501 g/mol. The van der Waals surface area contributed by atoms with Crippen LogP contribution in [0.2, 0.25) is 0 Å². The van der Waals surface area contributed by atoms with Crippen LogP contribution in [0.15, 0.2) is 72.8 Å². The van der Waals surface area contributed by atoms with E-state index < -0.39 is 6.29 Å². The van der Waals surface area contributed by atoms with Gasteiger partial charge < -0.3 is 15.3 Å². The highest BCUT2D eigenvalue weighted by molar-refractivity contribution is 5.41. The topological polar surface area (TPSA) is 70.4 Å². The van der Waals surface area contributed by atoms with E-state index in [9.17, 15) is 15.3 Å². The van der Waals surface area contributed by atoms with Crippen molar-refractivity contribution in [3.63, 3.8) is 0 Å². The number of piperazine rings is 1. The maximum atomic E-state index is 10.4. The second-order valence-electron chi connectivity index (χ2n) is 10.8. The quantitative estimate of drug-likeness (QED) is 0.429. The van der Waals surface area contributed by atoms with Gasteiger partial charge in [0.15, 0.2) is 6.29 Å². The largest absolute Gasteiger partial charge is 0.508 e. The van der Waals surface area contributed by atoms with E-state index in [4.69, 9.17) is 0 Å². The van der Waals surface area contributed by atoms with E-state index in [1.165, 1.54) is 22.3 Å². The van der Waals surface area contributed by atoms with Crippen molar-refractivity contribution in [3.05, 3.63) is 101 Å². The zero-order chi connectivity index (χ0) is 25.9. The molecule has 6 heteroatoms. The number of phenolic OH excluding ortho intramolecular Hbond substituents is 1. The molecule has 0 amide bonds. The van der Waals surface area contributed by atoms with Crippen molar-refractivity contribution < 1.29 is 15.3 Å². The lowest BCUT2D eigenvalue weighted by Crippen LogP contribution is -2.56. The van der Waals surface area contributed by atoms with Gasteiger partial charge in [-0.2, -0.15) is 0 Å². The SMILES string of the molecule is C[C@@H]1CN(C(c2cccc(O)c2)c2ccc3c(c2)CN(CC(O)O)CC3)[C@@H](C)CN1Cc1ccccc1. The van der Waals surface area contributed by atoms with Crippen molar-refractivity contribution in [2.75, 3.05) is 26.2 Å². The van der Waals surface area contributed by atoms with E-state index in [-0.39, 0.29) is 18.3 Å². The summed E-state index contributed by atoms with van der Waals surface area (Å²) < 4.78 is 0. The number of rotatable bonds is 7. The van der Waals surface area contributed by atoms with Gasteiger partial charge in [0.25, 0.3) is 0 Å². The first kappa shape index (κ1) is 25.9. The number of benzene rings is 3. The number of fused-ring (bicyclic) bond motifs is 1. The Hall–Kier alpha value is -2.74. The number of aliphatic hydroxyl groups is 2. The third-order valence-electron chi connectivity index (χ3n) is 7.97. The van der Waals surface area contributed by atoms with Crippen molar-refractivity contribution in [3.8, 4) is 5.75 Å². The van der Waals surface area contributed by atoms with Crippen molar-refractivity contribution in [2.24, 2.45) is 0 Å². The molecule has 2 aliphatic heterocycles. The maximum Gasteiger partial charge on any atom is 0.164 e. The van der Waals surface area contributed by atoms with Crippen LogP contribution in [0.5, 0.6) is 5.75 Å². The molecule has 3 aromatic carbocycles. The molecule has 37 heavy (non-hydrogen) atoms. The summed E-state index contributed by atoms with van der Waals surface area (Å²) in [6.07, 6.45) is -0.413. The first-order valence-electron chi connectivity index (χ1n) is 13.4. The van der Waals surface area contributed by atoms with Gasteiger partial charge >= 0.3 is 0 Å². The predicted octanol–water partition coefficient (Wildman–Crippen LogP) is 3.75. The molecule has 6 nitrogen and oxygen atoms in total. The highest BCUT2D eigenvalue weighted by Gasteiger charge is 2.35. The van der Waals surface area contributed by atoms with Crippen LogP contribution in [0.1, 0.15) is 47.7 Å². The Morgan fingerprint density at radius 1 is 0.838 bits per heavy atom. The Morgan fingerprint density at radius 3 is 2.38 bits per heavy atom. The summed E-state index contributed by atoms with van der Waals surface area (Å²) >= 11 is 0. The van der Waals surface area contributed by atoms with Crippen LogP contribution in [-0.4, -0.2) is 74.6 Å². The highest BCUT2D eigenvalue weighted by atomic mass is 16.5. The highest BCUT2D eigenvalue weighted by Crippen LogP contribution is 2.36. The van der Waals surface area contributed by atoms with Crippen LogP contribution in [0.4, 0.5) is 0 Å². The third kappa shape index (κ3) is 6.06. The number of nitrogens with zero attached hydrogens (tertiary/aromatic N) is 3. The van der Waals surface area contributed by atoms with Gasteiger partial charge in [0, 0.05) is 51.4 Å². The van der Waals surface area contributed by atoms with Crippen LogP contribution in [0.25, 0.3) is 0 Å². The lowest BCUT2D eigenvalue weighted by atomic mass is 9.89. The van der Waals surface area contributed by atoms with Gasteiger partial charge in [0.2, 0.25) is 0 Å². The zero-order valence-electron chi connectivity index (χ0n) is 21.9. The summed E-state index contributed by atoms with van der Waals surface area (Å²) in [5.41, 5.74) is 6.22. The molecule has 3 atom stereocenters. The fraction of sp³-hybridized carbons (Fsp3) is 0.419. The van der Waals surface area contributed by atoms with E-state index in [2.05, 4.69) is 83.1 Å².